The molecule has 0 aliphatic rings. The molecule has 0 aliphatic heterocycles. The van der Waals surface area contributed by atoms with Crippen molar-refractivity contribution in [2.45, 2.75) is 13.8 Å². The molecule has 0 bridgehead atoms. The van der Waals surface area contributed by atoms with Gasteiger partial charge in [-0.2, -0.15) is 0 Å². The van der Waals surface area contributed by atoms with Crippen LogP contribution in [0, 0.1) is 13.8 Å². The average Bonchev–Trinajstić information content (AvgIpc) is 2.95. The molecule has 2 nitrogen and oxygen atoms in total. The van der Waals surface area contributed by atoms with Crippen LogP contribution in [0.15, 0.2) is 48.1 Å². The Kier molecular flexibility index (Phi) is 2.76. The molecule has 0 fully saturated rings. The van der Waals surface area contributed by atoms with Crippen molar-refractivity contribution in [3.05, 3.63) is 59.2 Å². The van der Waals surface area contributed by atoms with Crippen LogP contribution >= 0.6 is 11.3 Å². The highest BCUT2D eigenvalue weighted by Crippen LogP contribution is 2.36. The molecular weight excluding hydrogens is 276 g/mol. The van der Waals surface area contributed by atoms with Gasteiger partial charge in [-0.25, -0.2) is 0 Å². The van der Waals surface area contributed by atoms with Crippen molar-refractivity contribution in [2.75, 3.05) is 0 Å². The molecule has 102 valence electrons. The first kappa shape index (κ1) is 12.5. The second kappa shape index (κ2) is 4.64. The van der Waals surface area contributed by atoms with Crippen molar-refractivity contribution >= 4 is 32.3 Å². The minimum Gasteiger partial charge on any atom is -0.256 e. The molecular formula is C18H14N2S. The molecule has 0 unspecified atom stereocenters. The predicted octanol–water partition coefficient (Wildman–Crippen LogP) is 5.13. The molecule has 4 aromatic rings. The standard InChI is InChI=1S/C18H14N2S/c1-11-8-14-15(16-12(2)4-3-6-19-16)9-13-5-7-21-18(13)17(14)20-10-11/h3-10H,1-2H3. The first-order valence-electron chi connectivity index (χ1n) is 6.92. The Balaban J connectivity index is 2.20. The van der Waals surface area contributed by atoms with Gasteiger partial charge in [0.25, 0.3) is 0 Å². The van der Waals surface area contributed by atoms with Gasteiger partial charge in [0.2, 0.25) is 0 Å². The van der Waals surface area contributed by atoms with E-state index in [1.165, 1.54) is 32.2 Å². The summed E-state index contributed by atoms with van der Waals surface area (Å²) in [4.78, 5) is 9.27. The summed E-state index contributed by atoms with van der Waals surface area (Å²) >= 11 is 1.75. The summed E-state index contributed by atoms with van der Waals surface area (Å²) in [6.07, 6.45) is 3.80. The fourth-order valence-corrected chi connectivity index (χ4v) is 3.67. The smallest absolute Gasteiger partial charge is 0.0887 e. The van der Waals surface area contributed by atoms with Crippen LogP contribution in [0.25, 0.3) is 32.2 Å². The summed E-state index contributed by atoms with van der Waals surface area (Å²) in [6.45, 7) is 4.19. The fourth-order valence-electron chi connectivity index (χ4n) is 2.78. The van der Waals surface area contributed by atoms with E-state index in [0.29, 0.717) is 0 Å². The van der Waals surface area contributed by atoms with Gasteiger partial charge in [-0.1, -0.05) is 6.07 Å². The zero-order chi connectivity index (χ0) is 14.4. The minimum atomic E-state index is 1.04. The summed E-state index contributed by atoms with van der Waals surface area (Å²) in [5, 5.41) is 4.55. The van der Waals surface area contributed by atoms with E-state index in [9.17, 15) is 0 Å². The van der Waals surface area contributed by atoms with Gasteiger partial charge in [-0.05, 0) is 60.0 Å². The number of thiophene rings is 1. The molecule has 0 radical (unpaired) electrons. The van der Waals surface area contributed by atoms with Gasteiger partial charge in [-0.15, -0.1) is 11.3 Å². The summed E-state index contributed by atoms with van der Waals surface area (Å²) in [5.74, 6) is 0. The molecule has 3 aromatic heterocycles. The lowest BCUT2D eigenvalue weighted by Gasteiger charge is -2.10. The van der Waals surface area contributed by atoms with E-state index < -0.39 is 0 Å². The molecule has 0 spiro atoms. The molecule has 4 rings (SSSR count). The van der Waals surface area contributed by atoms with Crippen molar-refractivity contribution in [2.24, 2.45) is 0 Å². The molecule has 0 saturated heterocycles. The number of benzene rings is 1. The monoisotopic (exact) mass is 290 g/mol. The average molecular weight is 290 g/mol. The largest absolute Gasteiger partial charge is 0.256 e. The lowest BCUT2D eigenvalue weighted by molar-refractivity contribution is 1.27. The van der Waals surface area contributed by atoms with Crippen LogP contribution in [0.3, 0.4) is 0 Å². The third-order valence-corrected chi connectivity index (χ3v) is 4.73. The lowest BCUT2D eigenvalue weighted by atomic mass is 9.99. The van der Waals surface area contributed by atoms with E-state index in [2.05, 4.69) is 53.5 Å². The first-order chi connectivity index (χ1) is 10.2. The van der Waals surface area contributed by atoms with Gasteiger partial charge in [0.1, 0.15) is 0 Å². The highest BCUT2D eigenvalue weighted by Gasteiger charge is 2.13. The quantitative estimate of drug-likeness (QED) is 0.486. The van der Waals surface area contributed by atoms with Gasteiger partial charge in [0.15, 0.2) is 0 Å². The number of hydrogen-bond donors (Lipinski definition) is 0. The number of pyridine rings is 2. The van der Waals surface area contributed by atoms with Gasteiger partial charge in [0.05, 0.1) is 15.9 Å². The van der Waals surface area contributed by atoms with Crippen molar-refractivity contribution in [3.63, 3.8) is 0 Å². The molecule has 0 N–H and O–H groups in total. The van der Waals surface area contributed by atoms with Crippen molar-refractivity contribution in [3.8, 4) is 11.3 Å². The molecule has 0 saturated carbocycles. The Morgan fingerprint density at radius 2 is 1.95 bits per heavy atom. The molecule has 21 heavy (non-hydrogen) atoms. The Labute approximate surface area is 127 Å². The van der Waals surface area contributed by atoms with E-state index in [-0.39, 0.29) is 0 Å². The summed E-state index contributed by atoms with van der Waals surface area (Å²) in [7, 11) is 0. The Morgan fingerprint density at radius 3 is 2.81 bits per heavy atom. The second-order valence-electron chi connectivity index (χ2n) is 5.34. The van der Waals surface area contributed by atoms with E-state index in [1.807, 2.05) is 18.5 Å². The number of rotatable bonds is 1. The van der Waals surface area contributed by atoms with Crippen molar-refractivity contribution < 1.29 is 0 Å². The molecule has 0 amide bonds. The van der Waals surface area contributed by atoms with Crippen LogP contribution in [-0.2, 0) is 0 Å². The third-order valence-electron chi connectivity index (χ3n) is 3.79. The Bertz CT molecular complexity index is 969. The molecule has 3 heterocycles. The van der Waals surface area contributed by atoms with E-state index >= 15 is 0 Å². The zero-order valence-electron chi connectivity index (χ0n) is 11.9. The molecule has 3 heteroatoms. The number of nitrogens with zero attached hydrogens (tertiary/aromatic N) is 2. The zero-order valence-corrected chi connectivity index (χ0v) is 12.7. The normalized spacial score (nSPS) is 11.3. The maximum atomic E-state index is 4.68. The molecule has 0 atom stereocenters. The van der Waals surface area contributed by atoms with Crippen LogP contribution < -0.4 is 0 Å². The van der Waals surface area contributed by atoms with E-state index in [1.54, 1.807) is 11.3 Å². The van der Waals surface area contributed by atoms with Crippen LogP contribution in [-0.4, -0.2) is 9.97 Å². The Hall–Kier alpha value is -2.26. The topological polar surface area (TPSA) is 25.8 Å². The predicted molar refractivity (Wildman–Crippen MR) is 89.8 cm³/mol. The minimum absolute atomic E-state index is 1.04. The summed E-state index contributed by atoms with van der Waals surface area (Å²) in [6, 6.07) is 10.7. The number of aromatic nitrogens is 2. The molecule has 1 aromatic carbocycles. The van der Waals surface area contributed by atoms with Gasteiger partial charge < -0.3 is 0 Å². The fraction of sp³-hybridized carbons (Fsp3) is 0.111. The van der Waals surface area contributed by atoms with Crippen molar-refractivity contribution in [1.82, 2.24) is 9.97 Å². The maximum absolute atomic E-state index is 4.68. The summed E-state index contributed by atoms with van der Waals surface area (Å²) < 4.78 is 1.25. The van der Waals surface area contributed by atoms with Gasteiger partial charge >= 0.3 is 0 Å². The van der Waals surface area contributed by atoms with Crippen molar-refractivity contribution in [1.29, 1.82) is 0 Å². The first-order valence-corrected chi connectivity index (χ1v) is 7.80. The molecule has 0 aliphatic carbocycles. The number of fused-ring (bicyclic) bond motifs is 3. The lowest BCUT2D eigenvalue weighted by Crippen LogP contribution is -1.91. The highest BCUT2D eigenvalue weighted by atomic mass is 32.1. The second-order valence-corrected chi connectivity index (χ2v) is 6.26. The van der Waals surface area contributed by atoms with Gasteiger partial charge in [-0.3, -0.25) is 9.97 Å². The maximum Gasteiger partial charge on any atom is 0.0887 e. The number of aryl methyl sites for hydroxylation is 2. The summed E-state index contributed by atoms with van der Waals surface area (Å²) in [5.41, 5.74) is 5.66. The highest BCUT2D eigenvalue weighted by molar-refractivity contribution is 7.18. The van der Waals surface area contributed by atoms with Crippen LogP contribution in [0.5, 0.6) is 0 Å². The van der Waals surface area contributed by atoms with E-state index in [0.717, 1.165) is 11.2 Å². The van der Waals surface area contributed by atoms with Crippen LogP contribution in [0.4, 0.5) is 0 Å². The Morgan fingerprint density at radius 1 is 1.05 bits per heavy atom. The van der Waals surface area contributed by atoms with E-state index in [4.69, 9.17) is 0 Å². The number of hydrogen-bond acceptors (Lipinski definition) is 3. The van der Waals surface area contributed by atoms with Crippen LogP contribution in [0.1, 0.15) is 11.1 Å². The van der Waals surface area contributed by atoms with Gasteiger partial charge in [0, 0.05) is 23.3 Å². The third kappa shape index (κ3) is 1.93. The van der Waals surface area contributed by atoms with Crippen LogP contribution in [0.2, 0.25) is 0 Å². The SMILES string of the molecule is Cc1cnc2c(c1)c(-c1ncccc1C)cc1ccsc12.